The van der Waals surface area contributed by atoms with Crippen LogP contribution in [0.2, 0.25) is 0 Å². The van der Waals surface area contributed by atoms with Gasteiger partial charge in [-0.05, 0) is 37.1 Å². The van der Waals surface area contributed by atoms with Gasteiger partial charge in [-0.3, -0.25) is 4.79 Å². The van der Waals surface area contributed by atoms with Crippen molar-refractivity contribution in [2.45, 2.75) is 37.4 Å². The van der Waals surface area contributed by atoms with Gasteiger partial charge < -0.3 is 14.2 Å². The van der Waals surface area contributed by atoms with Gasteiger partial charge in [0.05, 0.1) is 6.10 Å². The molecule has 4 nitrogen and oxygen atoms in total. The van der Waals surface area contributed by atoms with E-state index in [0.717, 1.165) is 18.6 Å². The van der Waals surface area contributed by atoms with Crippen LogP contribution in [0.5, 0.6) is 5.75 Å². The zero-order chi connectivity index (χ0) is 14.0. The second-order valence-electron chi connectivity index (χ2n) is 5.48. The molecule has 2 fully saturated rings. The van der Waals surface area contributed by atoms with Crippen LogP contribution in [0.25, 0.3) is 0 Å². The Labute approximate surface area is 119 Å². The minimum Gasteiger partial charge on any atom is -0.490 e. The summed E-state index contributed by atoms with van der Waals surface area (Å²) in [6.07, 6.45) is 3.86. The number of hydrogen-bond donors (Lipinski definition) is 0. The van der Waals surface area contributed by atoms with Crippen LogP contribution in [0.15, 0.2) is 24.3 Å². The largest absolute Gasteiger partial charge is 0.490 e. The Balaban J connectivity index is 1.74. The number of carbonyl (C=O) groups excluding carboxylic acids is 1. The predicted molar refractivity (Wildman–Crippen MR) is 74.2 cm³/mol. The summed E-state index contributed by atoms with van der Waals surface area (Å²) in [6.45, 7) is 1.14. The van der Waals surface area contributed by atoms with Crippen LogP contribution in [0, 0.1) is 0 Å². The van der Waals surface area contributed by atoms with Crippen LogP contribution >= 0.6 is 0 Å². The molecule has 0 atom stereocenters. The third-order valence-corrected chi connectivity index (χ3v) is 4.05. The molecule has 1 aliphatic heterocycles. The Kier molecular flexibility index (Phi) is 3.76. The molecule has 0 unspecified atom stereocenters. The van der Waals surface area contributed by atoms with Crippen LogP contribution in [-0.4, -0.2) is 37.8 Å². The lowest BCUT2D eigenvalue weighted by molar-refractivity contribution is -0.0663. The summed E-state index contributed by atoms with van der Waals surface area (Å²) in [5.41, 5.74) is -0.0474. The smallest absolute Gasteiger partial charge is 0.194 e. The normalized spacial score (nSPS) is 21.4. The van der Waals surface area contributed by atoms with Crippen LogP contribution in [0.4, 0.5) is 0 Å². The number of carbonyl (C=O) groups is 1. The van der Waals surface area contributed by atoms with Crippen molar-refractivity contribution < 1.29 is 19.0 Å². The van der Waals surface area contributed by atoms with E-state index in [9.17, 15) is 4.79 Å². The van der Waals surface area contributed by atoms with E-state index >= 15 is 0 Å². The first-order valence-electron chi connectivity index (χ1n) is 7.18. The Morgan fingerprint density at radius 3 is 2.40 bits per heavy atom. The van der Waals surface area contributed by atoms with Gasteiger partial charge in [-0.25, -0.2) is 0 Å². The standard InChI is InChI=1S/C16H20O4/c1-18-16(8-10-19-11-9-16)15(17)12-2-4-13(5-3-12)20-14-6-7-14/h2-5,14H,6-11H2,1H3. The lowest BCUT2D eigenvalue weighted by Gasteiger charge is -2.34. The maximum absolute atomic E-state index is 12.7. The molecule has 0 spiro atoms. The van der Waals surface area contributed by atoms with Gasteiger partial charge in [0.15, 0.2) is 5.78 Å². The summed E-state index contributed by atoms with van der Waals surface area (Å²) < 4.78 is 16.6. The van der Waals surface area contributed by atoms with Crippen LogP contribution < -0.4 is 4.74 Å². The molecule has 1 aromatic rings. The molecule has 2 aliphatic rings. The number of Topliss-reactive ketones (excluding diaryl/α,β-unsaturated/α-hetero) is 1. The highest BCUT2D eigenvalue weighted by molar-refractivity contribution is 6.02. The lowest BCUT2D eigenvalue weighted by atomic mass is 9.85. The molecule has 0 radical (unpaired) electrons. The molecule has 1 aliphatic carbocycles. The fourth-order valence-corrected chi connectivity index (χ4v) is 2.55. The van der Waals surface area contributed by atoms with E-state index in [1.165, 1.54) is 0 Å². The van der Waals surface area contributed by atoms with Crippen molar-refractivity contribution in [2.24, 2.45) is 0 Å². The molecular weight excluding hydrogens is 256 g/mol. The zero-order valence-electron chi connectivity index (χ0n) is 11.8. The Bertz CT molecular complexity index is 470. The van der Waals surface area contributed by atoms with Gasteiger partial charge in [0.25, 0.3) is 0 Å². The number of ether oxygens (including phenoxy) is 3. The lowest BCUT2D eigenvalue weighted by Crippen LogP contribution is -2.45. The van der Waals surface area contributed by atoms with E-state index < -0.39 is 5.60 Å². The van der Waals surface area contributed by atoms with E-state index in [-0.39, 0.29) is 5.78 Å². The second kappa shape index (κ2) is 5.54. The van der Waals surface area contributed by atoms with E-state index in [4.69, 9.17) is 14.2 Å². The first kappa shape index (κ1) is 13.6. The van der Waals surface area contributed by atoms with Crippen molar-refractivity contribution in [3.8, 4) is 5.75 Å². The van der Waals surface area contributed by atoms with Gasteiger partial charge in [-0.1, -0.05) is 0 Å². The Morgan fingerprint density at radius 2 is 1.85 bits per heavy atom. The predicted octanol–water partition coefficient (Wildman–Crippen LogP) is 2.61. The van der Waals surface area contributed by atoms with Crippen molar-refractivity contribution in [1.82, 2.24) is 0 Å². The summed E-state index contributed by atoms with van der Waals surface area (Å²) in [7, 11) is 1.60. The number of rotatable bonds is 5. The quantitative estimate of drug-likeness (QED) is 0.775. The van der Waals surface area contributed by atoms with E-state index in [1.54, 1.807) is 7.11 Å². The number of benzene rings is 1. The fraction of sp³-hybridized carbons (Fsp3) is 0.562. The zero-order valence-corrected chi connectivity index (χ0v) is 11.8. The molecule has 1 saturated carbocycles. The Hall–Kier alpha value is -1.39. The molecule has 1 saturated heterocycles. The molecule has 0 N–H and O–H groups in total. The van der Waals surface area contributed by atoms with Crippen LogP contribution in [0.1, 0.15) is 36.0 Å². The van der Waals surface area contributed by atoms with Crippen molar-refractivity contribution in [3.05, 3.63) is 29.8 Å². The van der Waals surface area contributed by atoms with Crippen molar-refractivity contribution in [2.75, 3.05) is 20.3 Å². The van der Waals surface area contributed by atoms with Crippen molar-refractivity contribution >= 4 is 5.78 Å². The number of methoxy groups -OCH3 is 1. The number of hydrogen-bond acceptors (Lipinski definition) is 4. The average molecular weight is 276 g/mol. The van der Waals surface area contributed by atoms with E-state index in [1.807, 2.05) is 24.3 Å². The van der Waals surface area contributed by atoms with Gasteiger partial charge >= 0.3 is 0 Å². The molecule has 0 bridgehead atoms. The molecule has 0 amide bonds. The van der Waals surface area contributed by atoms with Gasteiger partial charge in [-0.15, -0.1) is 0 Å². The topological polar surface area (TPSA) is 44.8 Å². The summed E-state index contributed by atoms with van der Waals surface area (Å²) >= 11 is 0. The monoisotopic (exact) mass is 276 g/mol. The third kappa shape index (κ3) is 2.72. The molecule has 20 heavy (non-hydrogen) atoms. The van der Waals surface area contributed by atoms with Crippen molar-refractivity contribution in [1.29, 1.82) is 0 Å². The summed E-state index contributed by atoms with van der Waals surface area (Å²) in [5.74, 6) is 0.878. The highest BCUT2D eigenvalue weighted by Crippen LogP contribution is 2.30. The molecule has 4 heteroatoms. The van der Waals surface area contributed by atoms with Gasteiger partial charge in [-0.2, -0.15) is 0 Å². The molecule has 108 valence electrons. The minimum absolute atomic E-state index is 0.0428. The molecule has 1 aromatic carbocycles. The summed E-state index contributed by atoms with van der Waals surface area (Å²) in [4.78, 5) is 12.7. The molecule has 3 rings (SSSR count). The maximum Gasteiger partial charge on any atom is 0.194 e. The van der Waals surface area contributed by atoms with Gasteiger partial charge in [0, 0.05) is 38.7 Å². The summed E-state index contributed by atoms with van der Waals surface area (Å²) in [6, 6.07) is 7.40. The number of ketones is 1. The molecule has 1 heterocycles. The third-order valence-electron chi connectivity index (χ3n) is 4.05. The maximum atomic E-state index is 12.7. The SMILES string of the molecule is COC1(C(=O)c2ccc(OC3CC3)cc2)CCOCC1. The first-order valence-corrected chi connectivity index (χ1v) is 7.18. The molecular formula is C16H20O4. The van der Waals surface area contributed by atoms with Crippen molar-refractivity contribution in [3.63, 3.8) is 0 Å². The highest BCUT2D eigenvalue weighted by Gasteiger charge is 2.40. The van der Waals surface area contributed by atoms with Crippen LogP contribution in [-0.2, 0) is 9.47 Å². The first-order chi connectivity index (χ1) is 9.73. The Morgan fingerprint density at radius 1 is 1.20 bits per heavy atom. The van der Waals surface area contributed by atoms with Gasteiger partial charge in [0.2, 0.25) is 0 Å². The minimum atomic E-state index is -0.725. The van der Waals surface area contributed by atoms with Crippen LogP contribution in [0.3, 0.4) is 0 Å². The second-order valence-corrected chi connectivity index (χ2v) is 5.48. The molecule has 0 aromatic heterocycles. The highest BCUT2D eigenvalue weighted by atomic mass is 16.5. The summed E-state index contributed by atoms with van der Waals surface area (Å²) in [5, 5.41) is 0. The average Bonchev–Trinajstić information content (AvgIpc) is 3.32. The van der Waals surface area contributed by atoms with E-state index in [0.29, 0.717) is 37.7 Å². The van der Waals surface area contributed by atoms with Gasteiger partial charge in [0.1, 0.15) is 11.4 Å². The van der Waals surface area contributed by atoms with E-state index in [2.05, 4.69) is 0 Å². The fourth-order valence-electron chi connectivity index (χ4n) is 2.55.